The number of imidazole rings is 1. The number of nitrogens with zero attached hydrogens (tertiary/aromatic N) is 1. The fourth-order valence-electron chi connectivity index (χ4n) is 2.05. The van der Waals surface area contributed by atoms with E-state index in [-0.39, 0.29) is 0 Å². The molecular formula is C13H13N3. The molecule has 80 valence electrons. The number of hydrogen-bond acceptors (Lipinski definition) is 1. The van der Waals surface area contributed by atoms with Gasteiger partial charge in [0.05, 0.1) is 11.0 Å². The zero-order valence-electron chi connectivity index (χ0n) is 9.33. The van der Waals surface area contributed by atoms with Gasteiger partial charge >= 0.3 is 0 Å². The Kier molecular flexibility index (Phi) is 1.86. The molecule has 3 rings (SSSR count). The van der Waals surface area contributed by atoms with Crippen molar-refractivity contribution in [3.05, 3.63) is 41.7 Å². The average molecular weight is 211 g/mol. The SMILES string of the molecule is Cc1cc(-c2nc3ccccc3[nH]2)c(C)[nH]1. The third-order valence-corrected chi connectivity index (χ3v) is 2.79. The van der Waals surface area contributed by atoms with E-state index < -0.39 is 0 Å². The normalized spacial score (nSPS) is 11.1. The van der Waals surface area contributed by atoms with Gasteiger partial charge in [-0.25, -0.2) is 4.98 Å². The van der Waals surface area contributed by atoms with Gasteiger partial charge in [-0.15, -0.1) is 0 Å². The van der Waals surface area contributed by atoms with Crippen LogP contribution in [0.15, 0.2) is 30.3 Å². The Morgan fingerprint density at radius 1 is 1.06 bits per heavy atom. The number of hydrogen-bond donors (Lipinski definition) is 2. The van der Waals surface area contributed by atoms with Crippen LogP contribution in [0.1, 0.15) is 11.4 Å². The van der Waals surface area contributed by atoms with Crippen molar-refractivity contribution in [2.24, 2.45) is 0 Å². The van der Waals surface area contributed by atoms with Crippen LogP contribution in [0.5, 0.6) is 0 Å². The second-order valence-corrected chi connectivity index (χ2v) is 4.09. The van der Waals surface area contributed by atoms with E-state index in [1.807, 2.05) is 24.3 Å². The maximum atomic E-state index is 4.58. The lowest BCUT2D eigenvalue weighted by atomic mass is 10.2. The summed E-state index contributed by atoms with van der Waals surface area (Å²) in [6, 6.07) is 10.2. The highest BCUT2D eigenvalue weighted by Crippen LogP contribution is 2.23. The summed E-state index contributed by atoms with van der Waals surface area (Å²) in [6.45, 7) is 4.12. The standard InChI is InChI=1S/C13H13N3/c1-8-7-10(9(2)14-8)13-15-11-5-3-4-6-12(11)16-13/h3-7,14H,1-2H3,(H,15,16). The molecule has 2 heterocycles. The second kappa shape index (κ2) is 3.23. The minimum atomic E-state index is 0.933. The Labute approximate surface area is 93.5 Å². The van der Waals surface area contributed by atoms with E-state index >= 15 is 0 Å². The summed E-state index contributed by atoms with van der Waals surface area (Å²) < 4.78 is 0. The monoisotopic (exact) mass is 211 g/mol. The van der Waals surface area contributed by atoms with E-state index in [0.717, 1.165) is 33.8 Å². The Morgan fingerprint density at radius 3 is 2.56 bits per heavy atom. The van der Waals surface area contributed by atoms with E-state index in [1.165, 1.54) is 0 Å². The van der Waals surface area contributed by atoms with Crippen LogP contribution >= 0.6 is 0 Å². The van der Waals surface area contributed by atoms with Crippen LogP contribution < -0.4 is 0 Å². The smallest absolute Gasteiger partial charge is 0.140 e. The van der Waals surface area contributed by atoms with Gasteiger partial charge in [-0.1, -0.05) is 12.1 Å². The Morgan fingerprint density at radius 2 is 1.88 bits per heavy atom. The van der Waals surface area contributed by atoms with Gasteiger partial charge < -0.3 is 9.97 Å². The van der Waals surface area contributed by atoms with Crippen molar-refractivity contribution in [2.45, 2.75) is 13.8 Å². The van der Waals surface area contributed by atoms with Crippen molar-refractivity contribution < 1.29 is 0 Å². The van der Waals surface area contributed by atoms with Gasteiger partial charge in [0.2, 0.25) is 0 Å². The second-order valence-electron chi connectivity index (χ2n) is 4.09. The molecule has 2 N–H and O–H groups in total. The molecule has 2 aromatic heterocycles. The van der Waals surface area contributed by atoms with E-state index in [0.29, 0.717) is 0 Å². The molecule has 3 heteroatoms. The van der Waals surface area contributed by atoms with Crippen LogP contribution in [0.4, 0.5) is 0 Å². The molecule has 0 spiro atoms. The zero-order valence-corrected chi connectivity index (χ0v) is 9.33. The molecule has 0 unspecified atom stereocenters. The predicted octanol–water partition coefficient (Wildman–Crippen LogP) is 3.17. The lowest BCUT2D eigenvalue weighted by Gasteiger charge is -1.92. The first-order chi connectivity index (χ1) is 7.74. The summed E-state index contributed by atoms with van der Waals surface area (Å²) in [5.41, 5.74) is 5.55. The topological polar surface area (TPSA) is 44.5 Å². The molecule has 16 heavy (non-hydrogen) atoms. The van der Waals surface area contributed by atoms with E-state index in [1.54, 1.807) is 0 Å². The molecule has 0 amide bonds. The fourth-order valence-corrected chi connectivity index (χ4v) is 2.05. The maximum Gasteiger partial charge on any atom is 0.140 e. The van der Waals surface area contributed by atoms with Crippen molar-refractivity contribution in [1.29, 1.82) is 0 Å². The molecule has 0 saturated carbocycles. The van der Waals surface area contributed by atoms with Crippen LogP contribution in [0.25, 0.3) is 22.4 Å². The number of aromatic amines is 2. The number of para-hydroxylation sites is 2. The number of benzene rings is 1. The molecule has 0 aliphatic rings. The van der Waals surface area contributed by atoms with Crippen molar-refractivity contribution in [3.8, 4) is 11.4 Å². The minimum Gasteiger partial charge on any atom is -0.362 e. The van der Waals surface area contributed by atoms with Crippen LogP contribution in [-0.4, -0.2) is 15.0 Å². The summed E-state index contributed by atoms with van der Waals surface area (Å²) in [5.74, 6) is 0.933. The zero-order chi connectivity index (χ0) is 11.1. The third-order valence-electron chi connectivity index (χ3n) is 2.79. The van der Waals surface area contributed by atoms with Gasteiger partial charge in [-0.2, -0.15) is 0 Å². The number of H-pyrrole nitrogens is 2. The van der Waals surface area contributed by atoms with Gasteiger partial charge in [0.25, 0.3) is 0 Å². The number of rotatable bonds is 1. The first-order valence-corrected chi connectivity index (χ1v) is 5.35. The first kappa shape index (κ1) is 9.21. The van der Waals surface area contributed by atoms with Gasteiger partial charge in [0.1, 0.15) is 5.82 Å². The van der Waals surface area contributed by atoms with Crippen LogP contribution in [-0.2, 0) is 0 Å². The molecule has 0 radical (unpaired) electrons. The van der Waals surface area contributed by atoms with E-state index in [2.05, 4.69) is 34.9 Å². The Hall–Kier alpha value is -2.03. The molecule has 3 aromatic rings. The quantitative estimate of drug-likeness (QED) is 0.638. The molecule has 3 nitrogen and oxygen atoms in total. The largest absolute Gasteiger partial charge is 0.362 e. The predicted molar refractivity (Wildman–Crippen MR) is 65.4 cm³/mol. The third kappa shape index (κ3) is 1.33. The van der Waals surface area contributed by atoms with Crippen molar-refractivity contribution in [1.82, 2.24) is 15.0 Å². The summed E-state index contributed by atoms with van der Waals surface area (Å²) in [5, 5.41) is 0. The van der Waals surface area contributed by atoms with E-state index in [9.17, 15) is 0 Å². The molecule has 0 atom stereocenters. The van der Waals surface area contributed by atoms with Gasteiger partial charge in [0.15, 0.2) is 0 Å². The molecule has 0 bridgehead atoms. The minimum absolute atomic E-state index is 0.933. The van der Waals surface area contributed by atoms with Crippen LogP contribution in [0.3, 0.4) is 0 Å². The molecule has 1 aromatic carbocycles. The van der Waals surface area contributed by atoms with Gasteiger partial charge in [0, 0.05) is 17.0 Å². The lowest BCUT2D eigenvalue weighted by Crippen LogP contribution is -1.80. The number of aromatic nitrogens is 3. The lowest BCUT2D eigenvalue weighted by molar-refractivity contribution is 1.18. The maximum absolute atomic E-state index is 4.58. The highest BCUT2D eigenvalue weighted by atomic mass is 14.9. The molecule has 0 fully saturated rings. The number of fused-ring (bicyclic) bond motifs is 1. The number of nitrogens with one attached hydrogen (secondary N) is 2. The van der Waals surface area contributed by atoms with Gasteiger partial charge in [-0.3, -0.25) is 0 Å². The summed E-state index contributed by atoms with van der Waals surface area (Å²) in [6.07, 6.45) is 0. The molecular weight excluding hydrogens is 198 g/mol. The van der Waals surface area contributed by atoms with Crippen LogP contribution in [0, 0.1) is 13.8 Å². The molecule has 0 aliphatic heterocycles. The van der Waals surface area contributed by atoms with Crippen LogP contribution in [0.2, 0.25) is 0 Å². The summed E-state index contributed by atoms with van der Waals surface area (Å²) in [7, 11) is 0. The fraction of sp³-hybridized carbons (Fsp3) is 0.154. The summed E-state index contributed by atoms with van der Waals surface area (Å²) >= 11 is 0. The Balaban J connectivity index is 2.22. The average Bonchev–Trinajstić information content (AvgIpc) is 2.81. The van der Waals surface area contributed by atoms with Gasteiger partial charge in [-0.05, 0) is 32.0 Å². The van der Waals surface area contributed by atoms with Crippen molar-refractivity contribution >= 4 is 11.0 Å². The van der Waals surface area contributed by atoms with Crippen molar-refractivity contribution in [3.63, 3.8) is 0 Å². The summed E-state index contributed by atoms with van der Waals surface area (Å²) in [4.78, 5) is 11.2. The van der Waals surface area contributed by atoms with E-state index in [4.69, 9.17) is 0 Å². The first-order valence-electron chi connectivity index (χ1n) is 5.35. The Bertz CT molecular complexity index is 613. The molecule has 0 aliphatic carbocycles. The highest BCUT2D eigenvalue weighted by Gasteiger charge is 2.09. The van der Waals surface area contributed by atoms with Crippen molar-refractivity contribution in [2.75, 3.05) is 0 Å². The number of aryl methyl sites for hydroxylation is 2. The highest BCUT2D eigenvalue weighted by molar-refractivity contribution is 5.79. The molecule has 0 saturated heterocycles.